The highest BCUT2D eigenvalue weighted by molar-refractivity contribution is 6.14. The Morgan fingerprint density at radius 1 is 1.36 bits per heavy atom. The van der Waals surface area contributed by atoms with Gasteiger partial charge in [-0.15, -0.1) is 0 Å². The molecule has 118 valence electrons. The van der Waals surface area contributed by atoms with Crippen molar-refractivity contribution in [3.63, 3.8) is 0 Å². The summed E-state index contributed by atoms with van der Waals surface area (Å²) in [6, 6.07) is 2.88. The molecule has 3 nitrogen and oxygen atoms in total. The molecule has 0 aromatic heterocycles. The van der Waals surface area contributed by atoms with Gasteiger partial charge in [-0.1, -0.05) is 18.7 Å². The van der Waals surface area contributed by atoms with Crippen LogP contribution in [0.1, 0.15) is 35.3 Å². The Morgan fingerprint density at radius 3 is 2.55 bits per heavy atom. The Bertz CT molecular complexity index is 616. The standard InChI is InChI=1S/C16H16F3NO2/c1-4-7-14(20-5-2)12-9-8-11(16(17,18)19)10-13(12)15(21)22-6-3/h4-5,7-10H,2,6H2,1,3H3/b7-4-,20-14?. The van der Waals surface area contributed by atoms with Crippen LogP contribution in [0.25, 0.3) is 0 Å². The van der Waals surface area contributed by atoms with Crippen LogP contribution in [0.3, 0.4) is 0 Å². The first-order valence-electron chi connectivity index (χ1n) is 6.55. The number of hydrogen-bond donors (Lipinski definition) is 0. The number of allylic oxidation sites excluding steroid dienone is 2. The highest BCUT2D eigenvalue weighted by atomic mass is 19.4. The van der Waals surface area contributed by atoms with Crippen molar-refractivity contribution < 1.29 is 22.7 Å². The smallest absolute Gasteiger partial charge is 0.416 e. The van der Waals surface area contributed by atoms with Gasteiger partial charge < -0.3 is 4.74 Å². The third kappa shape index (κ3) is 4.31. The number of carbonyl (C=O) groups is 1. The van der Waals surface area contributed by atoms with Crippen LogP contribution in [0.2, 0.25) is 0 Å². The van der Waals surface area contributed by atoms with Crippen LogP contribution < -0.4 is 0 Å². The average molecular weight is 311 g/mol. The molecule has 0 saturated heterocycles. The van der Waals surface area contributed by atoms with Crippen LogP contribution in [-0.2, 0) is 10.9 Å². The number of ether oxygens (including phenoxy) is 1. The van der Waals surface area contributed by atoms with E-state index in [1.54, 1.807) is 26.0 Å². The van der Waals surface area contributed by atoms with E-state index in [-0.39, 0.29) is 17.7 Å². The third-order valence-corrected chi connectivity index (χ3v) is 2.67. The molecule has 0 fully saturated rings. The van der Waals surface area contributed by atoms with Crippen LogP contribution in [0.4, 0.5) is 13.2 Å². The number of alkyl halides is 3. The molecule has 22 heavy (non-hydrogen) atoms. The maximum absolute atomic E-state index is 12.8. The minimum Gasteiger partial charge on any atom is -0.462 e. The van der Waals surface area contributed by atoms with E-state index in [9.17, 15) is 18.0 Å². The maximum Gasteiger partial charge on any atom is 0.416 e. The topological polar surface area (TPSA) is 38.7 Å². The summed E-state index contributed by atoms with van der Waals surface area (Å²) >= 11 is 0. The number of nitrogens with zero attached hydrogens (tertiary/aromatic N) is 1. The molecule has 1 rings (SSSR count). The van der Waals surface area contributed by atoms with Crippen LogP contribution in [0, 0.1) is 0 Å². The van der Waals surface area contributed by atoms with E-state index in [1.165, 1.54) is 12.3 Å². The molecule has 1 aromatic rings. The number of aliphatic imine (C=N–C) groups is 1. The predicted octanol–water partition coefficient (Wildman–Crippen LogP) is 4.39. The molecular formula is C16H16F3NO2. The Kier molecular flexibility index (Phi) is 6.10. The highest BCUT2D eigenvalue weighted by Crippen LogP contribution is 2.31. The third-order valence-electron chi connectivity index (χ3n) is 2.67. The molecule has 0 radical (unpaired) electrons. The fourth-order valence-electron chi connectivity index (χ4n) is 1.78. The molecule has 0 saturated carbocycles. The van der Waals surface area contributed by atoms with E-state index < -0.39 is 17.7 Å². The Morgan fingerprint density at radius 2 is 2.05 bits per heavy atom. The van der Waals surface area contributed by atoms with Crippen molar-refractivity contribution in [3.05, 3.63) is 59.8 Å². The van der Waals surface area contributed by atoms with Crippen LogP contribution in [0.15, 0.2) is 48.1 Å². The summed E-state index contributed by atoms with van der Waals surface area (Å²) in [6.45, 7) is 6.83. The molecule has 1 aromatic carbocycles. The van der Waals surface area contributed by atoms with Crippen molar-refractivity contribution in [2.75, 3.05) is 6.61 Å². The van der Waals surface area contributed by atoms with Crippen molar-refractivity contribution in [2.45, 2.75) is 20.0 Å². The molecule has 0 aliphatic rings. The second-order valence-corrected chi connectivity index (χ2v) is 4.18. The van der Waals surface area contributed by atoms with Crippen molar-refractivity contribution in [1.82, 2.24) is 0 Å². The monoisotopic (exact) mass is 311 g/mol. The summed E-state index contributed by atoms with van der Waals surface area (Å²) in [6.07, 6.45) is -0.0556. The summed E-state index contributed by atoms with van der Waals surface area (Å²) in [5.41, 5.74) is -0.521. The number of halogens is 3. The summed E-state index contributed by atoms with van der Waals surface area (Å²) in [4.78, 5) is 15.9. The minimum atomic E-state index is -4.55. The fourth-order valence-corrected chi connectivity index (χ4v) is 1.78. The molecule has 0 amide bonds. The summed E-state index contributed by atoms with van der Waals surface area (Å²) in [5, 5.41) is 0. The second-order valence-electron chi connectivity index (χ2n) is 4.18. The van der Waals surface area contributed by atoms with E-state index in [2.05, 4.69) is 11.6 Å². The van der Waals surface area contributed by atoms with Gasteiger partial charge in [-0.3, -0.25) is 4.99 Å². The van der Waals surface area contributed by atoms with Gasteiger partial charge in [-0.2, -0.15) is 13.2 Å². The van der Waals surface area contributed by atoms with Crippen LogP contribution in [-0.4, -0.2) is 18.3 Å². The first-order chi connectivity index (χ1) is 10.3. The van der Waals surface area contributed by atoms with E-state index in [4.69, 9.17) is 4.74 Å². The Hall–Kier alpha value is -2.37. The van der Waals surface area contributed by atoms with Crippen LogP contribution >= 0.6 is 0 Å². The Labute approximate surface area is 126 Å². The molecule has 0 N–H and O–H groups in total. The maximum atomic E-state index is 12.8. The van der Waals surface area contributed by atoms with Crippen molar-refractivity contribution in [2.24, 2.45) is 4.99 Å². The lowest BCUT2D eigenvalue weighted by molar-refractivity contribution is -0.137. The minimum absolute atomic E-state index is 0.0616. The molecule has 0 bridgehead atoms. The molecular weight excluding hydrogens is 295 g/mol. The molecule has 0 atom stereocenters. The van der Waals surface area contributed by atoms with E-state index in [0.29, 0.717) is 5.71 Å². The van der Waals surface area contributed by atoms with Gasteiger partial charge in [0.25, 0.3) is 0 Å². The largest absolute Gasteiger partial charge is 0.462 e. The second kappa shape index (κ2) is 7.59. The number of hydrogen-bond acceptors (Lipinski definition) is 3. The molecule has 0 aliphatic heterocycles. The van der Waals surface area contributed by atoms with Crippen LogP contribution in [0.5, 0.6) is 0 Å². The lowest BCUT2D eigenvalue weighted by Gasteiger charge is -2.13. The number of benzene rings is 1. The van der Waals surface area contributed by atoms with Gasteiger partial charge in [-0.25, -0.2) is 4.79 Å². The number of esters is 1. The predicted molar refractivity (Wildman–Crippen MR) is 78.9 cm³/mol. The molecule has 0 aliphatic carbocycles. The fraction of sp³-hybridized carbons (Fsp3) is 0.250. The molecule has 6 heteroatoms. The summed E-state index contributed by atoms with van der Waals surface area (Å²) in [7, 11) is 0. The van der Waals surface area contributed by atoms with Crippen molar-refractivity contribution >= 4 is 11.7 Å². The van der Waals surface area contributed by atoms with Gasteiger partial charge >= 0.3 is 12.1 Å². The van der Waals surface area contributed by atoms with Gasteiger partial charge in [0.2, 0.25) is 0 Å². The SMILES string of the molecule is C=CN=C(/C=C\C)c1ccc(C(F)(F)F)cc1C(=O)OCC. The van der Waals surface area contributed by atoms with Gasteiger partial charge in [-0.05, 0) is 32.1 Å². The van der Waals surface area contributed by atoms with Gasteiger partial charge in [0, 0.05) is 11.8 Å². The van der Waals surface area contributed by atoms with E-state index >= 15 is 0 Å². The van der Waals surface area contributed by atoms with E-state index in [0.717, 1.165) is 12.1 Å². The van der Waals surface area contributed by atoms with Crippen molar-refractivity contribution in [1.29, 1.82) is 0 Å². The summed E-state index contributed by atoms with van der Waals surface area (Å²) in [5.74, 6) is -0.829. The molecule has 0 spiro atoms. The van der Waals surface area contributed by atoms with Crippen molar-refractivity contribution in [3.8, 4) is 0 Å². The molecule has 0 heterocycles. The van der Waals surface area contributed by atoms with Gasteiger partial charge in [0.05, 0.1) is 23.4 Å². The lowest BCUT2D eigenvalue weighted by Crippen LogP contribution is -2.14. The quantitative estimate of drug-likeness (QED) is 0.597. The Balaban J connectivity index is 3.53. The number of rotatable bonds is 5. The van der Waals surface area contributed by atoms with Gasteiger partial charge in [0.15, 0.2) is 0 Å². The number of carbonyl (C=O) groups excluding carboxylic acids is 1. The zero-order valence-corrected chi connectivity index (χ0v) is 12.3. The first kappa shape index (κ1) is 17.7. The highest BCUT2D eigenvalue weighted by Gasteiger charge is 2.32. The summed E-state index contributed by atoms with van der Waals surface area (Å²) < 4.78 is 43.3. The zero-order chi connectivity index (χ0) is 16.8. The molecule has 0 unspecified atom stereocenters. The zero-order valence-electron chi connectivity index (χ0n) is 12.3. The van der Waals surface area contributed by atoms with Gasteiger partial charge in [0.1, 0.15) is 0 Å². The van der Waals surface area contributed by atoms with E-state index in [1.807, 2.05) is 0 Å². The lowest BCUT2D eigenvalue weighted by atomic mass is 9.99. The normalized spacial score (nSPS) is 12.5. The average Bonchev–Trinajstić information content (AvgIpc) is 2.45. The first-order valence-corrected chi connectivity index (χ1v) is 6.55.